The summed E-state index contributed by atoms with van der Waals surface area (Å²) in [6, 6.07) is 0. The summed E-state index contributed by atoms with van der Waals surface area (Å²) >= 11 is 0. The van der Waals surface area contributed by atoms with Crippen LogP contribution in [-0.2, 0) is 10.0 Å². The molecule has 0 heterocycles. The Morgan fingerprint density at radius 2 is 2.06 bits per heavy atom. The van der Waals surface area contributed by atoms with Crippen molar-refractivity contribution in [1.29, 1.82) is 0 Å². The number of sulfonamides is 1. The van der Waals surface area contributed by atoms with Crippen molar-refractivity contribution in [1.82, 2.24) is 9.62 Å². The van der Waals surface area contributed by atoms with Gasteiger partial charge in [-0.05, 0) is 31.7 Å². The smallest absolute Gasteiger partial charge is 0.217 e. The minimum Gasteiger partial charge on any atom is -0.316 e. The van der Waals surface area contributed by atoms with Crippen molar-refractivity contribution in [2.75, 3.05) is 26.7 Å². The number of hydrogen-bond acceptors (Lipinski definition) is 3. The predicted molar refractivity (Wildman–Crippen MR) is 66.8 cm³/mol. The van der Waals surface area contributed by atoms with Gasteiger partial charge in [-0.3, -0.25) is 0 Å². The first-order valence-electron chi connectivity index (χ1n) is 6.05. The summed E-state index contributed by atoms with van der Waals surface area (Å²) < 4.78 is 25.7. The van der Waals surface area contributed by atoms with Gasteiger partial charge in [0.1, 0.15) is 0 Å². The topological polar surface area (TPSA) is 49.4 Å². The molecule has 1 aliphatic carbocycles. The maximum atomic E-state index is 12.1. The van der Waals surface area contributed by atoms with E-state index in [1.807, 2.05) is 6.92 Å². The van der Waals surface area contributed by atoms with Crippen molar-refractivity contribution >= 4 is 10.0 Å². The van der Waals surface area contributed by atoms with Crippen LogP contribution in [0.1, 0.15) is 27.2 Å². The second kappa shape index (κ2) is 5.47. The van der Waals surface area contributed by atoms with Gasteiger partial charge in [-0.2, -0.15) is 0 Å². The fourth-order valence-electron chi connectivity index (χ4n) is 1.85. The summed E-state index contributed by atoms with van der Waals surface area (Å²) in [6.45, 7) is 7.94. The van der Waals surface area contributed by atoms with E-state index in [0.717, 1.165) is 6.54 Å². The zero-order valence-electron chi connectivity index (χ0n) is 10.7. The largest absolute Gasteiger partial charge is 0.316 e. The predicted octanol–water partition coefficient (Wildman–Crippen LogP) is 0.902. The lowest BCUT2D eigenvalue weighted by atomic mass is 10.3. The van der Waals surface area contributed by atoms with Crippen LogP contribution in [0.25, 0.3) is 0 Å². The van der Waals surface area contributed by atoms with Gasteiger partial charge in [-0.1, -0.05) is 13.8 Å². The molecule has 0 radical (unpaired) electrons. The molecule has 1 fully saturated rings. The van der Waals surface area contributed by atoms with Crippen molar-refractivity contribution in [3.05, 3.63) is 0 Å². The molecule has 0 spiro atoms. The van der Waals surface area contributed by atoms with Crippen LogP contribution in [0.4, 0.5) is 0 Å². The highest BCUT2D eigenvalue weighted by atomic mass is 32.2. The molecule has 0 aliphatic heterocycles. The molecule has 1 saturated carbocycles. The fourth-order valence-corrected chi connectivity index (χ4v) is 3.19. The normalized spacial score (nSPS) is 27.1. The van der Waals surface area contributed by atoms with Crippen LogP contribution in [0.15, 0.2) is 0 Å². The Kier molecular flexibility index (Phi) is 4.76. The van der Waals surface area contributed by atoms with E-state index in [1.54, 1.807) is 14.0 Å². The van der Waals surface area contributed by atoms with Gasteiger partial charge in [-0.15, -0.1) is 0 Å². The zero-order chi connectivity index (χ0) is 12.3. The monoisotopic (exact) mass is 248 g/mol. The molecule has 0 bridgehead atoms. The van der Waals surface area contributed by atoms with Crippen molar-refractivity contribution in [2.45, 2.75) is 32.4 Å². The van der Waals surface area contributed by atoms with Gasteiger partial charge in [-0.25, -0.2) is 12.7 Å². The van der Waals surface area contributed by atoms with Crippen LogP contribution >= 0.6 is 0 Å². The molecule has 16 heavy (non-hydrogen) atoms. The average molecular weight is 248 g/mol. The van der Waals surface area contributed by atoms with Crippen LogP contribution in [-0.4, -0.2) is 44.7 Å². The van der Waals surface area contributed by atoms with E-state index in [1.165, 1.54) is 10.7 Å². The van der Waals surface area contributed by atoms with E-state index < -0.39 is 10.0 Å². The SMILES string of the molecule is CCNCC(C)S(=O)(=O)N(C)CC1CC1C. The van der Waals surface area contributed by atoms with E-state index in [0.29, 0.717) is 24.9 Å². The molecule has 3 atom stereocenters. The second-order valence-electron chi connectivity index (χ2n) is 4.92. The fraction of sp³-hybridized carbons (Fsp3) is 1.00. The maximum Gasteiger partial charge on any atom is 0.217 e. The van der Waals surface area contributed by atoms with E-state index in [9.17, 15) is 8.42 Å². The molecule has 1 N–H and O–H groups in total. The van der Waals surface area contributed by atoms with Gasteiger partial charge in [0.05, 0.1) is 5.25 Å². The molecular formula is C11H24N2O2S. The summed E-state index contributed by atoms with van der Waals surface area (Å²) in [4.78, 5) is 0. The number of hydrogen-bond donors (Lipinski definition) is 1. The van der Waals surface area contributed by atoms with Gasteiger partial charge in [0.15, 0.2) is 0 Å². The summed E-state index contributed by atoms with van der Waals surface area (Å²) in [5.74, 6) is 1.27. The maximum absolute atomic E-state index is 12.1. The minimum atomic E-state index is -3.12. The third-order valence-corrected chi connectivity index (χ3v) is 5.59. The highest BCUT2D eigenvalue weighted by molar-refractivity contribution is 7.89. The Hall–Kier alpha value is -0.130. The Morgan fingerprint density at radius 3 is 2.50 bits per heavy atom. The standard InChI is InChI=1S/C11H24N2O2S/c1-5-12-7-10(3)16(14,15)13(4)8-11-6-9(11)2/h9-12H,5-8H2,1-4H3. The molecular weight excluding hydrogens is 224 g/mol. The van der Waals surface area contributed by atoms with Crippen LogP contribution in [0, 0.1) is 11.8 Å². The molecule has 5 heteroatoms. The molecule has 0 saturated heterocycles. The van der Waals surface area contributed by atoms with Gasteiger partial charge in [0, 0.05) is 20.1 Å². The summed E-state index contributed by atoms with van der Waals surface area (Å²) in [7, 11) is -1.42. The zero-order valence-corrected chi connectivity index (χ0v) is 11.5. The van der Waals surface area contributed by atoms with Crippen LogP contribution < -0.4 is 5.32 Å². The molecule has 1 aliphatic rings. The lowest BCUT2D eigenvalue weighted by molar-refractivity contribution is 0.435. The molecule has 0 aromatic carbocycles. The van der Waals surface area contributed by atoms with E-state index in [2.05, 4.69) is 12.2 Å². The molecule has 0 aromatic heterocycles. The lowest BCUT2D eigenvalue weighted by Gasteiger charge is -2.22. The summed E-state index contributed by atoms with van der Waals surface area (Å²) in [5.41, 5.74) is 0. The van der Waals surface area contributed by atoms with Crippen molar-refractivity contribution in [3.8, 4) is 0 Å². The first-order valence-corrected chi connectivity index (χ1v) is 7.55. The molecule has 3 unspecified atom stereocenters. The molecule has 0 aromatic rings. The summed E-state index contributed by atoms with van der Waals surface area (Å²) in [6.07, 6.45) is 1.17. The Bertz CT molecular complexity index is 316. The van der Waals surface area contributed by atoms with Crippen LogP contribution in [0.5, 0.6) is 0 Å². The van der Waals surface area contributed by atoms with Gasteiger partial charge >= 0.3 is 0 Å². The lowest BCUT2D eigenvalue weighted by Crippen LogP contribution is -2.41. The number of nitrogens with one attached hydrogen (secondary N) is 1. The highest BCUT2D eigenvalue weighted by Gasteiger charge is 2.36. The van der Waals surface area contributed by atoms with Crippen molar-refractivity contribution in [3.63, 3.8) is 0 Å². The van der Waals surface area contributed by atoms with E-state index in [-0.39, 0.29) is 5.25 Å². The molecule has 96 valence electrons. The van der Waals surface area contributed by atoms with Crippen molar-refractivity contribution in [2.24, 2.45) is 11.8 Å². The molecule has 0 amide bonds. The average Bonchev–Trinajstić information content (AvgIpc) is 2.90. The van der Waals surface area contributed by atoms with Crippen LogP contribution in [0.2, 0.25) is 0 Å². The summed E-state index contributed by atoms with van der Waals surface area (Å²) in [5, 5.41) is 2.74. The molecule has 1 rings (SSSR count). The van der Waals surface area contributed by atoms with E-state index >= 15 is 0 Å². The minimum absolute atomic E-state index is 0.341. The highest BCUT2D eigenvalue weighted by Crippen LogP contribution is 2.38. The first kappa shape index (κ1) is 13.9. The Balaban J connectivity index is 2.47. The van der Waals surface area contributed by atoms with Gasteiger partial charge in [0.2, 0.25) is 10.0 Å². The first-order chi connectivity index (χ1) is 7.39. The Morgan fingerprint density at radius 1 is 1.50 bits per heavy atom. The number of rotatable bonds is 7. The van der Waals surface area contributed by atoms with Crippen molar-refractivity contribution < 1.29 is 8.42 Å². The second-order valence-corrected chi connectivity index (χ2v) is 7.37. The van der Waals surface area contributed by atoms with Gasteiger partial charge < -0.3 is 5.32 Å². The quantitative estimate of drug-likeness (QED) is 0.728. The molecule has 4 nitrogen and oxygen atoms in total. The van der Waals surface area contributed by atoms with Crippen LogP contribution in [0.3, 0.4) is 0 Å². The van der Waals surface area contributed by atoms with Gasteiger partial charge in [0.25, 0.3) is 0 Å². The third kappa shape index (κ3) is 3.43. The van der Waals surface area contributed by atoms with E-state index in [4.69, 9.17) is 0 Å². The Labute approximate surface area is 99.5 Å². The number of nitrogens with zero attached hydrogens (tertiary/aromatic N) is 1. The third-order valence-electron chi connectivity index (χ3n) is 3.39.